The molecule has 0 aromatic heterocycles. The third-order valence-electron chi connectivity index (χ3n) is 12.4. The molecule has 96 heavy (non-hydrogen) atoms. The molecule has 19 N–H and O–H groups in total. The second-order valence-electron chi connectivity index (χ2n) is 23.2. The Kier molecular flexibility index (Phi) is 47.9. The van der Waals surface area contributed by atoms with Gasteiger partial charge in [-0.25, -0.2) is 0 Å². The highest BCUT2D eigenvalue weighted by atomic mass is 35.5. The number of hydrogen-bond donors (Lipinski definition) is 16. The summed E-state index contributed by atoms with van der Waals surface area (Å²) >= 11 is 12.6. The topological polar surface area (TPSA) is 499 Å². The number of thioether (sulfide) groups is 2. The summed E-state index contributed by atoms with van der Waals surface area (Å²) in [5.74, 6) is -10.4. The van der Waals surface area contributed by atoms with Crippen molar-refractivity contribution >= 4 is 125 Å². The predicted molar refractivity (Wildman–Crippen MR) is 371 cm³/mol. The number of nitrogens with two attached hydrogens (primary N) is 4. The number of primary amides is 1. The first kappa shape index (κ1) is 89.3. The second-order valence-corrected chi connectivity index (χ2v) is 27.5. The van der Waals surface area contributed by atoms with Crippen LogP contribution in [0.5, 0.6) is 0 Å². The maximum absolute atomic E-state index is 14.4. The Morgan fingerprint density at radius 2 is 1.01 bits per heavy atom. The van der Waals surface area contributed by atoms with Crippen LogP contribution >= 0.6 is 47.8 Å². The summed E-state index contributed by atoms with van der Waals surface area (Å²) in [6.07, 6.45) is 0.179. The van der Waals surface area contributed by atoms with Crippen LogP contribution in [0.15, 0.2) is 35.3 Å². The van der Waals surface area contributed by atoms with Crippen molar-refractivity contribution in [2.75, 3.05) is 109 Å². The van der Waals surface area contributed by atoms with Crippen LogP contribution in [-0.4, -0.2) is 243 Å². The van der Waals surface area contributed by atoms with E-state index in [1.807, 2.05) is 41.5 Å². The molecule has 0 bridgehead atoms. The number of aliphatic imine (C=N–C) groups is 1. The number of carboxylic acids is 1. The van der Waals surface area contributed by atoms with Crippen LogP contribution in [0.4, 0.5) is 0 Å². The van der Waals surface area contributed by atoms with Crippen molar-refractivity contribution in [3.05, 3.63) is 35.9 Å². The maximum atomic E-state index is 14.4. The van der Waals surface area contributed by atoms with Gasteiger partial charge in [-0.05, 0) is 51.1 Å². The number of alkyl halides is 1. The van der Waals surface area contributed by atoms with Crippen LogP contribution in [0.1, 0.15) is 99.5 Å². The van der Waals surface area contributed by atoms with Gasteiger partial charge in [0, 0.05) is 66.3 Å². The van der Waals surface area contributed by atoms with E-state index in [-0.39, 0.29) is 107 Å². The Balaban J connectivity index is 0.0000219. The van der Waals surface area contributed by atoms with Crippen LogP contribution < -0.4 is 76.1 Å². The zero-order valence-electron chi connectivity index (χ0n) is 56.3. The minimum absolute atomic E-state index is 0.0134. The molecular weight excluding hydrogens is 1330 g/mol. The first-order valence-electron chi connectivity index (χ1n) is 31.2. The lowest BCUT2D eigenvalue weighted by Gasteiger charge is -2.28. The van der Waals surface area contributed by atoms with Crippen molar-refractivity contribution in [2.24, 2.45) is 27.9 Å². The highest BCUT2D eigenvalue weighted by Crippen LogP contribution is 2.25. The number of carboxylic acid groups (broad SMARTS) is 1. The molecule has 0 fully saturated rings. The molecule has 1 rings (SSSR count). The molecule has 0 aliphatic rings. The number of guanidine groups is 1. The summed E-state index contributed by atoms with van der Waals surface area (Å²) < 4.78 is 20.6. The number of carbonyl (C=O) groups excluding carboxylic acids is 11. The molecule has 0 aliphatic carbocycles. The van der Waals surface area contributed by atoms with E-state index in [0.717, 1.165) is 0 Å². The lowest BCUT2D eigenvalue weighted by molar-refractivity contribution is -0.141. The van der Waals surface area contributed by atoms with Gasteiger partial charge in [0.25, 0.3) is 0 Å². The van der Waals surface area contributed by atoms with E-state index < -0.39 is 130 Å². The number of thiol groups is 1. The Morgan fingerprint density at radius 3 is 1.51 bits per heavy atom. The SMILES string of the molecule is CC(N)=O.CCOCC(=O)NCCOCCOCCOCCNC(=O)[C@H](CS)NC(=O)[C@H](Cc1ccccc1)NC(=O)[C@H](CSC(C)(C)C)NC(=O)[C@H](CC(=O)O)NC(=O)CNC(=O)[C@H](CCCN=C(N)N)NC(=O)[C@H](CSC(C)(C)C)NC(=O)[C@H](CCCCN)NC(=O)CCl. The first-order valence-corrected chi connectivity index (χ1v) is 34.3. The number of benzene rings is 1. The number of amides is 11. The number of halogens is 1. The van der Waals surface area contributed by atoms with Crippen LogP contribution in [-0.2, 0) is 82.9 Å². The van der Waals surface area contributed by atoms with E-state index in [1.54, 1.807) is 37.3 Å². The largest absolute Gasteiger partial charge is 0.481 e. The summed E-state index contributed by atoms with van der Waals surface area (Å²) in [4.78, 5) is 160. The Hall–Kier alpha value is -6.73. The van der Waals surface area contributed by atoms with Gasteiger partial charge in [0.05, 0.1) is 52.6 Å². The van der Waals surface area contributed by atoms with E-state index in [2.05, 4.69) is 76.5 Å². The third kappa shape index (κ3) is 46.4. The zero-order valence-corrected chi connectivity index (χ0v) is 59.6. The number of rotatable bonds is 49. The molecule has 0 radical (unpaired) electrons. The van der Waals surface area contributed by atoms with E-state index in [9.17, 15) is 62.6 Å². The van der Waals surface area contributed by atoms with Gasteiger partial charge in [0.15, 0.2) is 5.96 Å². The van der Waals surface area contributed by atoms with Crippen molar-refractivity contribution in [1.82, 2.24) is 53.2 Å². The first-order chi connectivity index (χ1) is 45.2. The van der Waals surface area contributed by atoms with Crippen molar-refractivity contribution in [1.29, 1.82) is 0 Å². The lowest BCUT2D eigenvalue weighted by atomic mass is 10.0. The standard InChI is InChI=1S/C58H99ClN14O16S3.C2H5NO/c1-8-86-33-47(76)63-21-23-87-25-27-89-28-26-88-24-22-64-50(80)42(34-90)71-52(82)40(29-37-15-10-9-11-16-37)70-55(85)44(36-92-58(5,6)7)73-53(83)41(30-48(77)78)68-46(75)32-66-49(79)38(18-14-20-65-56(61)62)69-54(84)43(35-91-57(2,3)4)72-51(81)39(17-12-13-19-60)67-45(74)31-59;1-2(3)4/h9-11,15-16,38-44,90H,8,12-14,17-36,60H2,1-7H3,(H,63,76)(H,64,80)(H,66,79)(H,67,74)(H,68,75)(H,69,84)(H,70,85)(H,71,82)(H,72,81)(H,73,83)(H,77,78)(H4,61,62,65);1H3,(H2,3,4)/t38-,39-,40-,41-,42-,43-,44-;/m0./s1. The highest BCUT2D eigenvalue weighted by molar-refractivity contribution is 8.00. The van der Waals surface area contributed by atoms with Crippen LogP contribution in [0.25, 0.3) is 0 Å². The molecule has 11 amide bonds. The highest BCUT2D eigenvalue weighted by Gasteiger charge is 2.35. The van der Waals surface area contributed by atoms with Gasteiger partial charge in [0.1, 0.15) is 54.8 Å². The molecule has 546 valence electrons. The van der Waals surface area contributed by atoms with Gasteiger partial charge in [-0.1, -0.05) is 71.9 Å². The van der Waals surface area contributed by atoms with Crippen molar-refractivity contribution in [3.8, 4) is 0 Å². The molecule has 32 nitrogen and oxygen atoms in total. The average molecular weight is 1440 g/mol. The van der Waals surface area contributed by atoms with E-state index in [4.69, 9.17) is 47.7 Å². The summed E-state index contributed by atoms with van der Waals surface area (Å²) in [5.41, 5.74) is 21.7. The van der Waals surface area contributed by atoms with E-state index in [1.165, 1.54) is 30.4 Å². The molecule has 0 saturated heterocycles. The number of nitrogens with zero attached hydrogens (tertiary/aromatic N) is 1. The molecule has 0 aliphatic heterocycles. The van der Waals surface area contributed by atoms with Crippen LogP contribution in [0.3, 0.4) is 0 Å². The number of hydrogen-bond acceptors (Lipinski definition) is 21. The maximum Gasteiger partial charge on any atom is 0.305 e. The number of ether oxygens (including phenoxy) is 4. The minimum Gasteiger partial charge on any atom is -0.481 e. The van der Waals surface area contributed by atoms with Crippen molar-refractivity contribution in [2.45, 2.75) is 152 Å². The molecule has 0 saturated carbocycles. The molecule has 7 atom stereocenters. The Labute approximate surface area is 581 Å². The molecular formula is C60H104ClN15O17S3. The van der Waals surface area contributed by atoms with Crippen molar-refractivity contribution < 1.29 is 81.6 Å². The normalized spacial score (nSPS) is 13.3. The van der Waals surface area contributed by atoms with Gasteiger partial charge in [-0.2, -0.15) is 36.2 Å². The molecule has 36 heteroatoms. The van der Waals surface area contributed by atoms with Gasteiger partial charge in [0.2, 0.25) is 65.0 Å². The monoisotopic (exact) mass is 1440 g/mol. The summed E-state index contributed by atoms with van der Waals surface area (Å²) in [7, 11) is 0. The molecule has 1 aromatic rings. The molecule has 0 spiro atoms. The van der Waals surface area contributed by atoms with Crippen molar-refractivity contribution in [3.63, 3.8) is 0 Å². The second kappa shape index (κ2) is 51.5. The predicted octanol–water partition coefficient (Wildman–Crippen LogP) is -2.56. The summed E-state index contributed by atoms with van der Waals surface area (Å²) in [5, 5.41) is 35.7. The third-order valence-corrected chi connectivity index (χ3v) is 15.8. The molecule has 1 aromatic carbocycles. The lowest BCUT2D eigenvalue weighted by Crippen LogP contribution is -2.60. The van der Waals surface area contributed by atoms with E-state index in [0.29, 0.717) is 51.3 Å². The number of carbonyl (C=O) groups is 12. The molecule has 0 heterocycles. The Morgan fingerprint density at radius 1 is 0.562 bits per heavy atom. The summed E-state index contributed by atoms with van der Waals surface area (Å²) in [6.45, 7) is 16.1. The minimum atomic E-state index is -1.83. The average Bonchev–Trinajstić information content (AvgIpc) is 0.966. The van der Waals surface area contributed by atoms with Crippen LogP contribution in [0.2, 0.25) is 0 Å². The van der Waals surface area contributed by atoms with Gasteiger partial charge < -0.3 is 100 Å². The van der Waals surface area contributed by atoms with E-state index >= 15 is 0 Å². The fourth-order valence-electron chi connectivity index (χ4n) is 7.75. The Bertz CT molecular complexity index is 2590. The number of aliphatic carboxylic acids is 1. The fraction of sp³-hybridized carbons (Fsp3) is 0.683. The smallest absolute Gasteiger partial charge is 0.305 e. The number of unbranched alkanes of at least 4 members (excludes halogenated alkanes) is 1. The van der Waals surface area contributed by atoms with Crippen LogP contribution in [0, 0.1) is 0 Å². The fourth-order valence-corrected chi connectivity index (χ4v) is 9.89. The quantitative estimate of drug-likeness (QED) is 0.0105. The van der Waals surface area contributed by atoms with Gasteiger partial charge in [-0.3, -0.25) is 62.5 Å². The van der Waals surface area contributed by atoms with Gasteiger partial charge >= 0.3 is 5.97 Å². The zero-order chi connectivity index (χ0) is 72.7. The number of nitrogens with one attached hydrogen (secondary N) is 10. The summed E-state index contributed by atoms with van der Waals surface area (Å²) in [6, 6.07) is -0.871. The van der Waals surface area contributed by atoms with Gasteiger partial charge in [-0.15, -0.1) is 11.6 Å². The molecule has 0 unspecified atom stereocenters.